The number of carbonyl (C=O) groups excluding carboxylic acids is 1. The van der Waals surface area contributed by atoms with Gasteiger partial charge in [-0.25, -0.2) is 18.2 Å². The number of ether oxygens (including phenoxy) is 1. The molecule has 0 saturated carbocycles. The lowest BCUT2D eigenvalue weighted by atomic mass is 10.0. The molecule has 2 fully saturated rings. The fourth-order valence-corrected chi connectivity index (χ4v) is 5.71. The molecule has 1 aromatic carbocycles. The van der Waals surface area contributed by atoms with Gasteiger partial charge in [0.2, 0.25) is 0 Å². The van der Waals surface area contributed by atoms with Gasteiger partial charge in [-0.05, 0) is 52.1 Å². The largest absolute Gasteiger partial charge is 0.372 e. The number of aryl methyl sites for hydroxylation is 1. The van der Waals surface area contributed by atoms with Crippen molar-refractivity contribution >= 4 is 23.1 Å². The number of amides is 1. The highest BCUT2D eigenvalue weighted by Gasteiger charge is 2.27. The maximum Gasteiger partial charge on any atom is 0.264 e. The summed E-state index contributed by atoms with van der Waals surface area (Å²) in [5.74, 6) is -0.578. The molecule has 1 N–H and O–H groups in total. The zero-order valence-electron chi connectivity index (χ0n) is 25.0. The number of halogens is 3. The van der Waals surface area contributed by atoms with Crippen molar-refractivity contribution in [1.82, 2.24) is 14.5 Å². The summed E-state index contributed by atoms with van der Waals surface area (Å²) in [6.45, 7) is 9.31. The first kappa shape index (κ1) is 30.6. The van der Waals surface area contributed by atoms with Gasteiger partial charge in [-0.3, -0.25) is 9.59 Å². The van der Waals surface area contributed by atoms with Crippen LogP contribution in [0, 0.1) is 5.82 Å². The number of morpholine rings is 1. The fraction of sp³-hybridized carbons (Fsp3) is 0.452. The maximum absolute atomic E-state index is 15.8. The zero-order valence-corrected chi connectivity index (χ0v) is 25.0. The molecule has 2 aliphatic rings. The Morgan fingerprint density at radius 2 is 1.74 bits per heavy atom. The molecule has 2 aliphatic heterocycles. The molecule has 0 radical (unpaired) electrons. The van der Waals surface area contributed by atoms with Gasteiger partial charge < -0.3 is 29.3 Å². The molecular weight excluding hydrogens is 561 g/mol. The van der Waals surface area contributed by atoms with Crippen molar-refractivity contribution in [3.63, 3.8) is 0 Å². The molecule has 43 heavy (non-hydrogen) atoms. The van der Waals surface area contributed by atoms with Crippen LogP contribution in [0.4, 0.5) is 30.4 Å². The van der Waals surface area contributed by atoms with E-state index in [1.165, 1.54) is 19.2 Å². The Kier molecular flexibility index (Phi) is 8.79. The quantitative estimate of drug-likeness (QED) is 0.447. The molecule has 3 aromatic rings. The van der Waals surface area contributed by atoms with E-state index in [1.807, 2.05) is 31.9 Å². The van der Waals surface area contributed by atoms with E-state index in [9.17, 15) is 18.4 Å². The van der Waals surface area contributed by atoms with Crippen molar-refractivity contribution in [2.75, 3.05) is 54.9 Å². The van der Waals surface area contributed by atoms with E-state index in [4.69, 9.17) is 4.74 Å². The molecule has 0 unspecified atom stereocenters. The topological polar surface area (TPSA) is 82.9 Å². The third-order valence-electron chi connectivity index (χ3n) is 8.18. The van der Waals surface area contributed by atoms with E-state index in [0.29, 0.717) is 37.4 Å². The van der Waals surface area contributed by atoms with Gasteiger partial charge in [-0.1, -0.05) is 0 Å². The molecule has 0 spiro atoms. The SMILES string of the molecule is C[C@@H]1CN(c2ccc(-c3cc(NC(=O)c4cn(C)c(=O)cc4C(F)F)c(N4CCN(C)[C@@H](C)C4)cc3F)cn2)C[C@H](C)O1. The standard InChI is InChI=1S/C31H37F3N6O3/c1-18-14-39(9-8-37(18)4)27-12-25(32)22(21-6-7-28(35-13-21)40-15-19(2)43-20(3)16-40)10-26(27)36-31(42)24-17-38(5)29(41)11-23(24)30(33)34/h6-7,10-13,17-20,30H,8-9,14-16H2,1-5H3,(H,36,42)/t18-,19-,20+/m0/s1. The Morgan fingerprint density at radius 3 is 2.37 bits per heavy atom. The summed E-state index contributed by atoms with van der Waals surface area (Å²) in [6.07, 6.45) is -0.244. The van der Waals surface area contributed by atoms with Gasteiger partial charge in [0.15, 0.2) is 0 Å². The van der Waals surface area contributed by atoms with Gasteiger partial charge in [-0.15, -0.1) is 0 Å². The smallest absolute Gasteiger partial charge is 0.264 e. The Bertz CT molecular complexity index is 1540. The Labute approximate surface area is 248 Å². The van der Waals surface area contributed by atoms with Crippen LogP contribution >= 0.6 is 0 Å². The highest BCUT2D eigenvalue weighted by atomic mass is 19.3. The number of alkyl halides is 2. The van der Waals surface area contributed by atoms with E-state index in [2.05, 4.69) is 27.0 Å². The third kappa shape index (κ3) is 6.54. The van der Waals surface area contributed by atoms with Crippen LogP contribution in [0.15, 0.2) is 47.5 Å². The van der Waals surface area contributed by atoms with E-state index in [1.54, 1.807) is 12.3 Å². The molecule has 230 valence electrons. The van der Waals surface area contributed by atoms with E-state index < -0.39 is 29.3 Å². The monoisotopic (exact) mass is 598 g/mol. The molecule has 3 atom stereocenters. The van der Waals surface area contributed by atoms with Crippen LogP contribution in [0.25, 0.3) is 11.1 Å². The second-order valence-electron chi connectivity index (χ2n) is 11.5. The second-order valence-corrected chi connectivity index (χ2v) is 11.5. The summed E-state index contributed by atoms with van der Waals surface area (Å²) in [5, 5.41) is 2.75. The lowest BCUT2D eigenvalue weighted by molar-refractivity contribution is -0.00546. The number of pyridine rings is 2. The number of hydrogen-bond donors (Lipinski definition) is 1. The number of carbonyl (C=O) groups is 1. The number of anilines is 3. The molecule has 2 aromatic heterocycles. The maximum atomic E-state index is 15.8. The molecule has 1 amide bonds. The van der Waals surface area contributed by atoms with Crippen molar-refractivity contribution in [3.05, 3.63) is 70.0 Å². The van der Waals surface area contributed by atoms with Crippen LogP contribution in [-0.2, 0) is 11.8 Å². The summed E-state index contributed by atoms with van der Waals surface area (Å²) in [6, 6.07) is 7.42. The number of nitrogens with zero attached hydrogens (tertiary/aromatic N) is 5. The molecule has 5 rings (SSSR count). The van der Waals surface area contributed by atoms with Crippen LogP contribution in [0.2, 0.25) is 0 Å². The summed E-state index contributed by atoms with van der Waals surface area (Å²) in [5.41, 5.74) is -0.228. The normalized spacial score (nSPS) is 21.4. The first-order valence-corrected chi connectivity index (χ1v) is 14.4. The van der Waals surface area contributed by atoms with Crippen LogP contribution in [0.5, 0.6) is 0 Å². The van der Waals surface area contributed by atoms with Gasteiger partial charge in [-0.2, -0.15) is 0 Å². The van der Waals surface area contributed by atoms with Crippen molar-refractivity contribution in [2.24, 2.45) is 7.05 Å². The summed E-state index contributed by atoms with van der Waals surface area (Å²) < 4.78 is 50.3. The van der Waals surface area contributed by atoms with Crippen molar-refractivity contribution in [1.29, 1.82) is 0 Å². The number of nitrogens with one attached hydrogen (secondary N) is 1. The lowest BCUT2D eigenvalue weighted by Gasteiger charge is -2.39. The number of hydrogen-bond acceptors (Lipinski definition) is 7. The Hall–Kier alpha value is -3.90. The number of likely N-dealkylation sites (N-methyl/N-ethyl adjacent to an activating group) is 1. The van der Waals surface area contributed by atoms with Gasteiger partial charge >= 0.3 is 0 Å². The molecule has 12 heteroatoms. The minimum Gasteiger partial charge on any atom is -0.372 e. The average molecular weight is 599 g/mol. The molecular formula is C31H37F3N6O3. The summed E-state index contributed by atoms with van der Waals surface area (Å²) >= 11 is 0. The number of benzene rings is 1. The average Bonchev–Trinajstić information content (AvgIpc) is 2.96. The molecule has 4 heterocycles. The van der Waals surface area contributed by atoms with Crippen LogP contribution in [-0.4, -0.2) is 78.4 Å². The summed E-state index contributed by atoms with van der Waals surface area (Å²) in [7, 11) is 3.39. The molecule has 0 bridgehead atoms. The van der Waals surface area contributed by atoms with E-state index in [0.717, 1.165) is 29.2 Å². The first-order valence-electron chi connectivity index (χ1n) is 14.4. The number of rotatable bonds is 6. The fourth-order valence-electron chi connectivity index (χ4n) is 5.71. The van der Waals surface area contributed by atoms with Crippen molar-refractivity contribution in [3.8, 4) is 11.1 Å². The van der Waals surface area contributed by atoms with Crippen molar-refractivity contribution < 1.29 is 22.7 Å². The van der Waals surface area contributed by atoms with Crippen molar-refractivity contribution in [2.45, 2.75) is 45.4 Å². The Morgan fingerprint density at radius 1 is 1.02 bits per heavy atom. The molecule has 2 saturated heterocycles. The molecule has 0 aliphatic carbocycles. The zero-order chi connectivity index (χ0) is 31.0. The number of aromatic nitrogens is 2. The predicted octanol–water partition coefficient (Wildman–Crippen LogP) is 4.53. The highest BCUT2D eigenvalue weighted by molar-refractivity contribution is 6.07. The van der Waals surface area contributed by atoms with Crippen LogP contribution in [0.1, 0.15) is 43.1 Å². The lowest BCUT2D eigenvalue weighted by Crippen LogP contribution is -2.50. The minimum absolute atomic E-state index is 0.0521. The minimum atomic E-state index is -3.03. The predicted molar refractivity (Wildman–Crippen MR) is 161 cm³/mol. The number of piperazine rings is 1. The highest BCUT2D eigenvalue weighted by Crippen LogP contribution is 2.36. The van der Waals surface area contributed by atoms with Gasteiger partial charge in [0, 0.05) is 81.0 Å². The Balaban J connectivity index is 1.52. The van der Waals surface area contributed by atoms with Crippen LogP contribution in [0.3, 0.4) is 0 Å². The van der Waals surface area contributed by atoms with Gasteiger partial charge in [0.25, 0.3) is 17.9 Å². The van der Waals surface area contributed by atoms with Gasteiger partial charge in [0.05, 0.1) is 29.1 Å². The van der Waals surface area contributed by atoms with Gasteiger partial charge in [0.1, 0.15) is 11.6 Å². The second kappa shape index (κ2) is 12.4. The third-order valence-corrected chi connectivity index (χ3v) is 8.18. The van der Waals surface area contributed by atoms with Crippen LogP contribution < -0.4 is 20.7 Å². The summed E-state index contributed by atoms with van der Waals surface area (Å²) in [4.78, 5) is 36.3. The van der Waals surface area contributed by atoms with E-state index in [-0.39, 0.29) is 35.1 Å². The molecule has 9 nitrogen and oxygen atoms in total. The first-order chi connectivity index (χ1) is 20.4. The van der Waals surface area contributed by atoms with E-state index >= 15 is 4.39 Å².